The Kier molecular flexibility index (Phi) is 7.93. The molecule has 0 aromatic heterocycles. The largest absolute Gasteiger partial charge is 0.0776 e. The lowest BCUT2D eigenvalue weighted by molar-refractivity contribution is 1.10. The maximum absolute atomic E-state index is 2.21. The van der Waals surface area contributed by atoms with Gasteiger partial charge in [0.1, 0.15) is 0 Å². The average molecular weight is 166 g/mol. The predicted molar refractivity (Wildman–Crippen MR) is 58.7 cm³/mol. The van der Waals surface area contributed by atoms with E-state index in [0.29, 0.717) is 0 Å². The highest BCUT2D eigenvalue weighted by Gasteiger charge is 1.88. The summed E-state index contributed by atoms with van der Waals surface area (Å²) in [4.78, 5) is 0. The van der Waals surface area contributed by atoms with E-state index in [-0.39, 0.29) is 14.9 Å². The zero-order valence-electron chi connectivity index (χ0n) is 6.72. The molecule has 0 atom stereocenters. The first kappa shape index (κ1) is 13.8. The first-order chi connectivity index (χ1) is 4.86. The molecule has 0 saturated heterocycles. The van der Waals surface area contributed by atoms with Crippen LogP contribution in [0.3, 0.4) is 0 Å². The standard InChI is InChI=1S/C10H14.2CH4/c1-3-9-5-7-10(4-2)8-6-9;;/h5-8H,3-4H2,1-2H3;2*1H4. The molecule has 0 heterocycles. The van der Waals surface area contributed by atoms with E-state index >= 15 is 0 Å². The summed E-state index contributed by atoms with van der Waals surface area (Å²) in [5, 5.41) is 0. The molecule has 0 heteroatoms. The van der Waals surface area contributed by atoms with E-state index < -0.39 is 0 Å². The summed E-state index contributed by atoms with van der Waals surface area (Å²) in [6.45, 7) is 4.36. The smallest absolute Gasteiger partial charge is 0.0307 e. The van der Waals surface area contributed by atoms with Crippen LogP contribution in [-0.2, 0) is 12.8 Å². The molecule has 1 aromatic carbocycles. The van der Waals surface area contributed by atoms with Gasteiger partial charge in [-0.3, -0.25) is 0 Å². The molecule has 0 saturated carbocycles. The number of benzene rings is 1. The Morgan fingerprint density at radius 2 is 1.00 bits per heavy atom. The minimum atomic E-state index is 0. The minimum Gasteiger partial charge on any atom is -0.0776 e. The van der Waals surface area contributed by atoms with Crippen molar-refractivity contribution in [3.05, 3.63) is 35.4 Å². The highest BCUT2D eigenvalue weighted by molar-refractivity contribution is 5.22. The van der Waals surface area contributed by atoms with Gasteiger partial charge in [-0.25, -0.2) is 0 Å². The summed E-state index contributed by atoms with van der Waals surface area (Å²) in [6, 6.07) is 8.83. The Labute approximate surface area is 77.6 Å². The van der Waals surface area contributed by atoms with Crippen molar-refractivity contribution in [1.29, 1.82) is 0 Å². The van der Waals surface area contributed by atoms with Gasteiger partial charge in [-0.2, -0.15) is 0 Å². The van der Waals surface area contributed by atoms with Crippen molar-refractivity contribution >= 4 is 0 Å². The third-order valence-corrected chi connectivity index (χ3v) is 1.84. The van der Waals surface area contributed by atoms with Crippen molar-refractivity contribution in [3.63, 3.8) is 0 Å². The van der Waals surface area contributed by atoms with E-state index in [0.717, 1.165) is 12.8 Å². The van der Waals surface area contributed by atoms with Crippen molar-refractivity contribution in [2.45, 2.75) is 41.5 Å². The van der Waals surface area contributed by atoms with Crippen molar-refractivity contribution in [1.82, 2.24) is 0 Å². The van der Waals surface area contributed by atoms with E-state index in [1.165, 1.54) is 11.1 Å². The van der Waals surface area contributed by atoms with Crippen molar-refractivity contribution in [3.8, 4) is 0 Å². The van der Waals surface area contributed by atoms with Gasteiger partial charge in [0.05, 0.1) is 0 Å². The Balaban J connectivity index is 0. The Hall–Kier alpha value is -0.780. The first-order valence-corrected chi connectivity index (χ1v) is 3.94. The zero-order valence-corrected chi connectivity index (χ0v) is 6.72. The molecule has 1 aromatic rings. The molecule has 0 bridgehead atoms. The van der Waals surface area contributed by atoms with Crippen LogP contribution >= 0.6 is 0 Å². The number of hydrogen-bond acceptors (Lipinski definition) is 0. The van der Waals surface area contributed by atoms with E-state index in [4.69, 9.17) is 0 Å². The molecule has 1 rings (SSSR count). The summed E-state index contributed by atoms with van der Waals surface area (Å²) in [5.41, 5.74) is 2.86. The lowest BCUT2D eigenvalue weighted by atomic mass is 10.1. The Morgan fingerprint density at radius 1 is 0.750 bits per heavy atom. The molecule has 0 aliphatic rings. The molecule has 0 amide bonds. The van der Waals surface area contributed by atoms with E-state index in [1.807, 2.05) is 0 Å². The Bertz CT molecular complexity index is 161. The van der Waals surface area contributed by atoms with Crippen LogP contribution in [-0.4, -0.2) is 0 Å². The maximum atomic E-state index is 2.21. The van der Waals surface area contributed by atoms with Crippen molar-refractivity contribution in [2.75, 3.05) is 0 Å². The van der Waals surface area contributed by atoms with Gasteiger partial charge in [0.15, 0.2) is 0 Å². The summed E-state index contributed by atoms with van der Waals surface area (Å²) < 4.78 is 0. The van der Waals surface area contributed by atoms with Crippen LogP contribution in [0, 0.1) is 0 Å². The van der Waals surface area contributed by atoms with Gasteiger partial charge in [0.2, 0.25) is 0 Å². The molecule has 0 aliphatic carbocycles. The highest BCUT2D eigenvalue weighted by Crippen LogP contribution is 2.04. The number of aryl methyl sites for hydroxylation is 2. The second-order valence-corrected chi connectivity index (χ2v) is 2.52. The molecule has 0 nitrogen and oxygen atoms in total. The zero-order chi connectivity index (χ0) is 7.40. The predicted octanol–water partition coefficient (Wildman–Crippen LogP) is 4.08. The normalized spacial score (nSPS) is 8.17. The first-order valence-electron chi connectivity index (χ1n) is 3.94. The van der Waals surface area contributed by atoms with Crippen LogP contribution in [0.2, 0.25) is 0 Å². The molecule has 12 heavy (non-hydrogen) atoms. The summed E-state index contributed by atoms with van der Waals surface area (Å²) in [7, 11) is 0. The van der Waals surface area contributed by atoms with Gasteiger partial charge in [-0.15, -0.1) is 0 Å². The van der Waals surface area contributed by atoms with Crippen LogP contribution < -0.4 is 0 Å². The van der Waals surface area contributed by atoms with Gasteiger partial charge in [0.25, 0.3) is 0 Å². The van der Waals surface area contributed by atoms with E-state index in [9.17, 15) is 0 Å². The molecule has 0 spiro atoms. The molecular formula is C12H22. The van der Waals surface area contributed by atoms with Crippen LogP contribution in [0.15, 0.2) is 24.3 Å². The number of hydrogen-bond donors (Lipinski definition) is 0. The van der Waals surface area contributed by atoms with Gasteiger partial charge in [0, 0.05) is 0 Å². The lowest BCUT2D eigenvalue weighted by Gasteiger charge is -1.97. The molecular weight excluding hydrogens is 144 g/mol. The summed E-state index contributed by atoms with van der Waals surface area (Å²) in [6.07, 6.45) is 2.29. The van der Waals surface area contributed by atoms with Crippen molar-refractivity contribution in [2.24, 2.45) is 0 Å². The van der Waals surface area contributed by atoms with Crippen LogP contribution in [0.5, 0.6) is 0 Å². The molecule has 70 valence electrons. The number of rotatable bonds is 2. The van der Waals surface area contributed by atoms with Crippen LogP contribution in [0.1, 0.15) is 39.8 Å². The topological polar surface area (TPSA) is 0 Å². The molecule has 0 N–H and O–H groups in total. The van der Waals surface area contributed by atoms with Crippen molar-refractivity contribution < 1.29 is 0 Å². The van der Waals surface area contributed by atoms with Gasteiger partial charge >= 0.3 is 0 Å². The van der Waals surface area contributed by atoms with Crippen LogP contribution in [0.25, 0.3) is 0 Å². The Morgan fingerprint density at radius 3 is 1.17 bits per heavy atom. The van der Waals surface area contributed by atoms with Gasteiger partial charge in [-0.05, 0) is 24.0 Å². The van der Waals surface area contributed by atoms with Gasteiger partial charge < -0.3 is 0 Å². The second kappa shape index (κ2) is 6.90. The maximum Gasteiger partial charge on any atom is -0.0307 e. The summed E-state index contributed by atoms with van der Waals surface area (Å²) in [5.74, 6) is 0. The third-order valence-electron chi connectivity index (χ3n) is 1.84. The van der Waals surface area contributed by atoms with E-state index in [1.54, 1.807) is 0 Å². The fourth-order valence-electron chi connectivity index (χ4n) is 1.01. The average Bonchev–Trinajstić information content (AvgIpc) is 2.05. The molecule has 0 unspecified atom stereocenters. The second-order valence-electron chi connectivity index (χ2n) is 2.52. The highest BCUT2D eigenvalue weighted by atomic mass is 13.9. The molecule has 0 aliphatic heterocycles. The summed E-state index contributed by atoms with van der Waals surface area (Å²) >= 11 is 0. The lowest BCUT2D eigenvalue weighted by Crippen LogP contribution is -1.81. The monoisotopic (exact) mass is 166 g/mol. The fourth-order valence-corrected chi connectivity index (χ4v) is 1.01. The minimum absolute atomic E-state index is 0. The SMILES string of the molecule is C.C.CCc1ccc(CC)cc1. The third kappa shape index (κ3) is 3.56. The quantitative estimate of drug-likeness (QED) is 0.621. The fraction of sp³-hybridized carbons (Fsp3) is 0.500. The van der Waals surface area contributed by atoms with E-state index in [2.05, 4.69) is 38.1 Å². The van der Waals surface area contributed by atoms with Crippen LogP contribution in [0.4, 0.5) is 0 Å². The molecule has 0 fully saturated rings. The van der Waals surface area contributed by atoms with Gasteiger partial charge in [-0.1, -0.05) is 53.0 Å². The molecule has 0 radical (unpaired) electrons.